The minimum atomic E-state index is -0.427. The van der Waals surface area contributed by atoms with E-state index in [-0.39, 0.29) is 17.9 Å². The van der Waals surface area contributed by atoms with Crippen molar-refractivity contribution in [3.05, 3.63) is 0 Å². The first kappa shape index (κ1) is 14.3. The molecule has 3 N–H and O–H groups in total. The van der Waals surface area contributed by atoms with Crippen molar-refractivity contribution in [3.63, 3.8) is 0 Å². The average molecular weight is 267 g/mol. The second-order valence-electron chi connectivity index (χ2n) is 6.03. The van der Waals surface area contributed by atoms with Crippen LogP contribution >= 0.6 is 0 Å². The van der Waals surface area contributed by atoms with Crippen molar-refractivity contribution < 1.29 is 9.59 Å². The Morgan fingerprint density at radius 2 is 2.11 bits per heavy atom. The van der Waals surface area contributed by atoms with Gasteiger partial charge in [-0.25, -0.2) is 0 Å². The van der Waals surface area contributed by atoms with Gasteiger partial charge in [-0.3, -0.25) is 9.59 Å². The fourth-order valence-corrected chi connectivity index (χ4v) is 3.16. The number of amides is 2. The van der Waals surface area contributed by atoms with E-state index in [1.54, 1.807) is 11.9 Å². The van der Waals surface area contributed by atoms with Gasteiger partial charge < -0.3 is 16.0 Å². The Bertz CT molecular complexity index is 340. The lowest BCUT2D eigenvalue weighted by atomic mass is 9.85. The Balaban J connectivity index is 1.74. The summed E-state index contributed by atoms with van der Waals surface area (Å²) >= 11 is 0. The highest BCUT2D eigenvalue weighted by Crippen LogP contribution is 2.27. The lowest BCUT2D eigenvalue weighted by molar-refractivity contribution is -0.126. The third-order valence-electron chi connectivity index (χ3n) is 4.34. The van der Waals surface area contributed by atoms with Crippen LogP contribution < -0.4 is 11.1 Å². The molecular weight excluding hydrogens is 242 g/mol. The molecule has 1 aliphatic carbocycles. The van der Waals surface area contributed by atoms with Crippen LogP contribution in [0.1, 0.15) is 44.9 Å². The van der Waals surface area contributed by atoms with Crippen LogP contribution in [0.3, 0.4) is 0 Å². The van der Waals surface area contributed by atoms with E-state index in [1.807, 2.05) is 0 Å². The third-order valence-corrected chi connectivity index (χ3v) is 4.34. The predicted molar refractivity (Wildman–Crippen MR) is 73.4 cm³/mol. The van der Waals surface area contributed by atoms with E-state index in [0.717, 1.165) is 6.42 Å². The van der Waals surface area contributed by atoms with Crippen LogP contribution in [-0.2, 0) is 9.59 Å². The molecule has 0 aromatic heterocycles. The van der Waals surface area contributed by atoms with Crippen LogP contribution in [0.15, 0.2) is 0 Å². The number of likely N-dealkylation sites (N-methyl/N-ethyl adjacent to an activating group) is 1. The van der Waals surface area contributed by atoms with Gasteiger partial charge in [-0.15, -0.1) is 0 Å². The van der Waals surface area contributed by atoms with Crippen molar-refractivity contribution in [1.29, 1.82) is 0 Å². The lowest BCUT2D eigenvalue weighted by Crippen LogP contribution is -2.47. The molecule has 2 fully saturated rings. The minimum absolute atomic E-state index is 0.0672. The van der Waals surface area contributed by atoms with Crippen molar-refractivity contribution in [2.45, 2.75) is 57.0 Å². The van der Waals surface area contributed by atoms with Crippen molar-refractivity contribution in [1.82, 2.24) is 10.2 Å². The maximum atomic E-state index is 12.0. The van der Waals surface area contributed by atoms with E-state index in [1.165, 1.54) is 32.1 Å². The Kier molecular flexibility index (Phi) is 4.80. The van der Waals surface area contributed by atoms with E-state index in [0.29, 0.717) is 18.9 Å². The van der Waals surface area contributed by atoms with Gasteiger partial charge >= 0.3 is 0 Å². The molecule has 2 aliphatic rings. The van der Waals surface area contributed by atoms with E-state index < -0.39 is 6.04 Å². The Labute approximate surface area is 114 Å². The molecule has 0 spiro atoms. The normalized spacial score (nSPS) is 26.5. The number of nitrogens with two attached hydrogens (primary N) is 1. The highest BCUT2D eigenvalue weighted by atomic mass is 16.2. The SMILES string of the molecule is CN1CC(NC(=O)C(N)CC2CCCCC2)CC1=O. The number of hydrogen-bond donors (Lipinski definition) is 2. The molecular formula is C14H25N3O2. The van der Waals surface area contributed by atoms with E-state index >= 15 is 0 Å². The molecule has 1 saturated carbocycles. The van der Waals surface area contributed by atoms with E-state index in [9.17, 15) is 9.59 Å². The van der Waals surface area contributed by atoms with E-state index in [2.05, 4.69) is 5.32 Å². The standard InChI is InChI=1S/C14H25N3O2/c1-17-9-11(8-13(17)18)16-14(19)12(15)7-10-5-3-2-4-6-10/h10-12H,2-9,15H2,1H3,(H,16,19). The average Bonchev–Trinajstić information content (AvgIpc) is 2.69. The zero-order valence-electron chi connectivity index (χ0n) is 11.7. The van der Waals surface area contributed by atoms with Gasteiger partial charge in [0.1, 0.15) is 0 Å². The molecule has 0 aromatic carbocycles. The van der Waals surface area contributed by atoms with E-state index in [4.69, 9.17) is 5.73 Å². The maximum Gasteiger partial charge on any atom is 0.237 e. The van der Waals surface area contributed by atoms with Crippen molar-refractivity contribution in [2.75, 3.05) is 13.6 Å². The van der Waals surface area contributed by atoms with Gasteiger partial charge in [0.2, 0.25) is 11.8 Å². The molecule has 0 bridgehead atoms. The molecule has 1 saturated heterocycles. The van der Waals surface area contributed by atoms with Crippen LogP contribution in [0.4, 0.5) is 0 Å². The van der Waals surface area contributed by atoms with Crippen molar-refractivity contribution in [3.8, 4) is 0 Å². The molecule has 2 unspecified atom stereocenters. The Hall–Kier alpha value is -1.10. The van der Waals surface area contributed by atoms with Crippen LogP contribution in [0, 0.1) is 5.92 Å². The second kappa shape index (κ2) is 6.37. The smallest absolute Gasteiger partial charge is 0.237 e. The highest BCUT2D eigenvalue weighted by molar-refractivity contribution is 5.84. The third kappa shape index (κ3) is 3.93. The van der Waals surface area contributed by atoms with Gasteiger partial charge in [0.25, 0.3) is 0 Å². The molecule has 2 amide bonds. The zero-order chi connectivity index (χ0) is 13.8. The summed E-state index contributed by atoms with van der Waals surface area (Å²) in [5, 5.41) is 2.90. The van der Waals surface area contributed by atoms with Crippen LogP contribution in [0.2, 0.25) is 0 Å². The number of nitrogens with zero attached hydrogens (tertiary/aromatic N) is 1. The summed E-state index contributed by atoms with van der Waals surface area (Å²) in [5.41, 5.74) is 5.98. The molecule has 2 rings (SSSR count). The lowest BCUT2D eigenvalue weighted by Gasteiger charge is -2.24. The van der Waals surface area contributed by atoms with Gasteiger partial charge in [-0.05, 0) is 12.3 Å². The molecule has 0 aromatic rings. The van der Waals surface area contributed by atoms with Gasteiger partial charge in [0.05, 0.1) is 12.1 Å². The number of carbonyl (C=O) groups excluding carboxylic acids is 2. The Morgan fingerprint density at radius 1 is 1.42 bits per heavy atom. The largest absolute Gasteiger partial charge is 0.350 e. The van der Waals surface area contributed by atoms with Gasteiger partial charge in [-0.1, -0.05) is 32.1 Å². The summed E-state index contributed by atoms with van der Waals surface area (Å²) in [4.78, 5) is 25.1. The molecule has 1 heterocycles. The Morgan fingerprint density at radius 3 is 2.68 bits per heavy atom. The number of nitrogens with one attached hydrogen (secondary N) is 1. The van der Waals surface area contributed by atoms with Gasteiger partial charge in [-0.2, -0.15) is 0 Å². The number of rotatable bonds is 4. The van der Waals surface area contributed by atoms with Gasteiger partial charge in [0.15, 0.2) is 0 Å². The summed E-state index contributed by atoms with van der Waals surface area (Å²) in [7, 11) is 1.76. The fourth-order valence-electron chi connectivity index (χ4n) is 3.16. The summed E-state index contributed by atoms with van der Waals surface area (Å²) in [5.74, 6) is 0.590. The summed E-state index contributed by atoms with van der Waals surface area (Å²) in [6, 6.07) is -0.494. The summed E-state index contributed by atoms with van der Waals surface area (Å²) in [6.07, 6.45) is 7.42. The predicted octanol–water partition coefficient (Wildman–Crippen LogP) is 0.631. The van der Waals surface area contributed by atoms with Crippen molar-refractivity contribution in [2.24, 2.45) is 11.7 Å². The maximum absolute atomic E-state index is 12.0. The zero-order valence-corrected chi connectivity index (χ0v) is 11.7. The first-order valence-corrected chi connectivity index (χ1v) is 7.36. The topological polar surface area (TPSA) is 75.4 Å². The quantitative estimate of drug-likeness (QED) is 0.784. The van der Waals surface area contributed by atoms with Crippen molar-refractivity contribution >= 4 is 11.8 Å². The molecule has 5 nitrogen and oxygen atoms in total. The number of carbonyl (C=O) groups is 2. The molecule has 2 atom stereocenters. The summed E-state index contributed by atoms with van der Waals surface area (Å²) in [6.45, 7) is 0.598. The number of likely N-dealkylation sites (tertiary alicyclic amines) is 1. The van der Waals surface area contributed by atoms with Crippen LogP contribution in [-0.4, -0.2) is 42.4 Å². The monoisotopic (exact) mass is 267 g/mol. The van der Waals surface area contributed by atoms with Crippen LogP contribution in [0.25, 0.3) is 0 Å². The molecule has 0 radical (unpaired) electrons. The molecule has 108 valence electrons. The second-order valence-corrected chi connectivity index (χ2v) is 6.03. The molecule has 19 heavy (non-hydrogen) atoms. The van der Waals surface area contributed by atoms with Gasteiger partial charge in [0, 0.05) is 20.0 Å². The summed E-state index contributed by atoms with van der Waals surface area (Å²) < 4.78 is 0. The molecule has 1 aliphatic heterocycles. The first-order chi connectivity index (χ1) is 9.06. The first-order valence-electron chi connectivity index (χ1n) is 7.36. The minimum Gasteiger partial charge on any atom is -0.350 e. The number of hydrogen-bond acceptors (Lipinski definition) is 3. The fraction of sp³-hybridized carbons (Fsp3) is 0.857. The van der Waals surface area contributed by atoms with Crippen LogP contribution in [0.5, 0.6) is 0 Å². The molecule has 5 heteroatoms. The highest BCUT2D eigenvalue weighted by Gasteiger charge is 2.29.